The minimum atomic E-state index is -0.532. The average Bonchev–Trinajstić information content (AvgIpc) is 2.57. The molecule has 0 saturated heterocycles. The Bertz CT molecular complexity index is 266. The van der Waals surface area contributed by atoms with Crippen LogP contribution in [0.4, 0.5) is 0 Å². The van der Waals surface area contributed by atoms with Crippen molar-refractivity contribution in [2.24, 2.45) is 5.41 Å². The van der Waals surface area contributed by atoms with Gasteiger partial charge in [-0.25, -0.2) is 0 Å². The molecule has 0 heterocycles. The molecule has 1 aliphatic rings. The van der Waals surface area contributed by atoms with Gasteiger partial charge in [0.25, 0.3) is 0 Å². The second kappa shape index (κ2) is 11.5. The lowest BCUT2D eigenvalue weighted by Crippen LogP contribution is -2.41. The molecule has 2 N–H and O–H groups in total. The molecule has 0 bridgehead atoms. The van der Waals surface area contributed by atoms with Crippen LogP contribution in [0.25, 0.3) is 0 Å². The first kappa shape index (κ1) is 20.0. The molecule has 2 nitrogen and oxygen atoms in total. The Morgan fingerprint density at radius 3 is 2.09 bits per heavy atom. The maximum Gasteiger partial charge on any atom is 0.0852 e. The van der Waals surface area contributed by atoms with Crippen molar-refractivity contribution in [1.82, 2.24) is 0 Å². The summed E-state index contributed by atoms with van der Waals surface area (Å²) in [6.45, 7) is 4.46. The van der Waals surface area contributed by atoms with E-state index in [9.17, 15) is 10.2 Å². The molecule has 3 atom stereocenters. The van der Waals surface area contributed by atoms with Crippen molar-refractivity contribution >= 4 is 0 Å². The van der Waals surface area contributed by atoms with E-state index in [1.807, 2.05) is 0 Å². The summed E-state index contributed by atoms with van der Waals surface area (Å²) >= 11 is 0. The fourth-order valence-electron chi connectivity index (χ4n) is 3.94. The molecular formula is C20H40O2. The third-order valence-corrected chi connectivity index (χ3v) is 5.68. The molecule has 1 aliphatic carbocycles. The lowest BCUT2D eigenvalue weighted by molar-refractivity contribution is -0.0684. The second-order valence-corrected chi connectivity index (χ2v) is 7.84. The van der Waals surface area contributed by atoms with E-state index in [0.29, 0.717) is 0 Å². The van der Waals surface area contributed by atoms with Crippen molar-refractivity contribution < 1.29 is 10.2 Å². The van der Waals surface area contributed by atoms with E-state index < -0.39 is 12.2 Å². The molecule has 0 aromatic heterocycles. The molecule has 0 aromatic carbocycles. The molecule has 132 valence electrons. The van der Waals surface area contributed by atoms with Gasteiger partial charge in [0.1, 0.15) is 0 Å². The molecular weight excluding hydrogens is 272 g/mol. The quantitative estimate of drug-likeness (QED) is 0.544. The largest absolute Gasteiger partial charge is 0.390 e. The Morgan fingerprint density at radius 2 is 1.41 bits per heavy atom. The predicted molar refractivity (Wildman–Crippen MR) is 95.0 cm³/mol. The van der Waals surface area contributed by atoms with Gasteiger partial charge < -0.3 is 10.2 Å². The molecule has 0 aliphatic heterocycles. The third-order valence-electron chi connectivity index (χ3n) is 5.68. The van der Waals surface area contributed by atoms with E-state index in [2.05, 4.69) is 13.8 Å². The van der Waals surface area contributed by atoms with Gasteiger partial charge in [0.15, 0.2) is 0 Å². The van der Waals surface area contributed by atoms with E-state index in [1.165, 1.54) is 70.6 Å². The number of rotatable bonds is 9. The first-order valence-corrected chi connectivity index (χ1v) is 9.96. The van der Waals surface area contributed by atoms with Crippen molar-refractivity contribution in [3.63, 3.8) is 0 Å². The van der Waals surface area contributed by atoms with E-state index in [1.54, 1.807) is 0 Å². The Labute approximate surface area is 138 Å². The summed E-state index contributed by atoms with van der Waals surface area (Å²) in [5.41, 5.74) is -0.0774. The summed E-state index contributed by atoms with van der Waals surface area (Å²) in [7, 11) is 0. The van der Waals surface area contributed by atoms with Crippen molar-refractivity contribution in [3.05, 3.63) is 0 Å². The topological polar surface area (TPSA) is 40.5 Å². The molecule has 1 saturated carbocycles. The fraction of sp³-hybridized carbons (Fsp3) is 1.00. The van der Waals surface area contributed by atoms with Crippen LogP contribution in [0.3, 0.4) is 0 Å². The number of aliphatic hydroxyl groups is 2. The van der Waals surface area contributed by atoms with E-state index in [0.717, 1.165) is 25.7 Å². The van der Waals surface area contributed by atoms with E-state index in [-0.39, 0.29) is 5.41 Å². The Kier molecular flexibility index (Phi) is 10.4. The molecule has 0 amide bonds. The molecule has 0 radical (unpaired) electrons. The van der Waals surface area contributed by atoms with Gasteiger partial charge in [0.05, 0.1) is 12.2 Å². The van der Waals surface area contributed by atoms with Crippen LogP contribution in [0.1, 0.15) is 110 Å². The van der Waals surface area contributed by atoms with Gasteiger partial charge in [-0.15, -0.1) is 0 Å². The number of hydrogen-bond donors (Lipinski definition) is 2. The summed E-state index contributed by atoms with van der Waals surface area (Å²) in [5.74, 6) is 0. The lowest BCUT2D eigenvalue weighted by atomic mass is 9.73. The zero-order chi connectivity index (χ0) is 16.3. The van der Waals surface area contributed by atoms with Crippen molar-refractivity contribution in [2.75, 3.05) is 0 Å². The minimum Gasteiger partial charge on any atom is -0.390 e. The van der Waals surface area contributed by atoms with Gasteiger partial charge in [-0.1, -0.05) is 90.9 Å². The fourth-order valence-corrected chi connectivity index (χ4v) is 3.94. The molecule has 1 fully saturated rings. The zero-order valence-electron chi connectivity index (χ0n) is 15.2. The highest BCUT2D eigenvalue weighted by Gasteiger charge is 2.36. The van der Waals surface area contributed by atoms with Crippen LogP contribution >= 0.6 is 0 Å². The molecule has 0 aromatic rings. The lowest BCUT2D eigenvalue weighted by Gasteiger charge is -2.37. The summed E-state index contributed by atoms with van der Waals surface area (Å²) in [6.07, 6.45) is 17.2. The number of aliphatic hydroxyl groups excluding tert-OH is 2. The monoisotopic (exact) mass is 312 g/mol. The number of hydrogen-bond acceptors (Lipinski definition) is 2. The van der Waals surface area contributed by atoms with Gasteiger partial charge >= 0.3 is 0 Å². The molecule has 22 heavy (non-hydrogen) atoms. The molecule has 3 unspecified atom stereocenters. The summed E-state index contributed by atoms with van der Waals surface area (Å²) in [6, 6.07) is 0. The SMILES string of the molecule is CCCCCCCCCCC1(C)CCCCCCC(O)C1O. The van der Waals surface area contributed by atoms with Gasteiger partial charge in [-0.3, -0.25) is 0 Å². The normalized spacial score (nSPS) is 30.5. The van der Waals surface area contributed by atoms with Crippen LogP contribution in [-0.4, -0.2) is 22.4 Å². The third kappa shape index (κ3) is 7.46. The van der Waals surface area contributed by atoms with Crippen LogP contribution in [-0.2, 0) is 0 Å². The minimum absolute atomic E-state index is 0.0774. The van der Waals surface area contributed by atoms with Crippen LogP contribution in [0.2, 0.25) is 0 Å². The summed E-state index contributed by atoms with van der Waals surface area (Å²) in [4.78, 5) is 0. The van der Waals surface area contributed by atoms with E-state index in [4.69, 9.17) is 0 Å². The highest BCUT2D eigenvalue weighted by Crippen LogP contribution is 2.38. The van der Waals surface area contributed by atoms with Crippen molar-refractivity contribution in [1.29, 1.82) is 0 Å². The van der Waals surface area contributed by atoms with Gasteiger partial charge in [-0.2, -0.15) is 0 Å². The maximum absolute atomic E-state index is 10.6. The molecule has 0 spiro atoms. The zero-order valence-corrected chi connectivity index (χ0v) is 15.2. The average molecular weight is 313 g/mol. The van der Waals surface area contributed by atoms with Crippen LogP contribution in [0.15, 0.2) is 0 Å². The van der Waals surface area contributed by atoms with Gasteiger partial charge in [0, 0.05) is 0 Å². The maximum atomic E-state index is 10.6. The van der Waals surface area contributed by atoms with Gasteiger partial charge in [0.2, 0.25) is 0 Å². The second-order valence-electron chi connectivity index (χ2n) is 7.84. The predicted octanol–water partition coefficient (Wildman–Crippen LogP) is 5.60. The highest BCUT2D eigenvalue weighted by molar-refractivity contribution is 4.87. The highest BCUT2D eigenvalue weighted by atomic mass is 16.3. The van der Waals surface area contributed by atoms with Crippen LogP contribution in [0, 0.1) is 5.41 Å². The summed E-state index contributed by atoms with van der Waals surface area (Å²) in [5, 5.41) is 20.8. The Hall–Kier alpha value is -0.0800. The first-order valence-electron chi connectivity index (χ1n) is 9.96. The number of unbranched alkanes of at least 4 members (excludes halogenated alkanes) is 7. The summed E-state index contributed by atoms with van der Waals surface area (Å²) < 4.78 is 0. The van der Waals surface area contributed by atoms with Crippen LogP contribution < -0.4 is 0 Å². The smallest absolute Gasteiger partial charge is 0.0852 e. The van der Waals surface area contributed by atoms with Crippen molar-refractivity contribution in [3.8, 4) is 0 Å². The first-order chi connectivity index (χ1) is 10.6. The van der Waals surface area contributed by atoms with Crippen molar-refractivity contribution in [2.45, 2.75) is 122 Å². The van der Waals surface area contributed by atoms with Crippen LogP contribution in [0.5, 0.6) is 0 Å². The van der Waals surface area contributed by atoms with Gasteiger partial charge in [-0.05, 0) is 24.7 Å². The Morgan fingerprint density at radius 1 is 0.818 bits per heavy atom. The standard InChI is InChI=1S/C20H40O2/c1-3-4-5-6-7-8-10-13-16-20(2)17-14-11-9-12-15-18(21)19(20)22/h18-19,21-22H,3-17H2,1-2H3. The molecule has 1 rings (SSSR count). The molecule has 2 heteroatoms. The van der Waals surface area contributed by atoms with E-state index >= 15 is 0 Å². The Balaban J connectivity index is 2.26.